The van der Waals surface area contributed by atoms with Crippen molar-refractivity contribution in [1.82, 2.24) is 20.9 Å². The average Bonchev–Trinajstić information content (AvgIpc) is 2.72. The van der Waals surface area contributed by atoms with Crippen molar-refractivity contribution < 1.29 is 0 Å². The molecular formula is C23H33N5. The Morgan fingerprint density at radius 1 is 1.25 bits per heavy atom. The molecule has 3 rings (SSSR count). The van der Waals surface area contributed by atoms with E-state index in [1.54, 1.807) is 0 Å². The summed E-state index contributed by atoms with van der Waals surface area (Å²) in [4.78, 5) is 7.11. The van der Waals surface area contributed by atoms with Gasteiger partial charge in [0, 0.05) is 51.7 Å². The molecule has 0 atom stereocenters. The van der Waals surface area contributed by atoms with Gasteiger partial charge in [0.1, 0.15) is 0 Å². The summed E-state index contributed by atoms with van der Waals surface area (Å²) in [7, 11) is 0. The van der Waals surface area contributed by atoms with Crippen LogP contribution in [0.2, 0.25) is 0 Å². The van der Waals surface area contributed by atoms with Gasteiger partial charge in [-0.25, -0.2) is 0 Å². The maximum atomic E-state index is 4.61. The Hall–Kier alpha value is -2.53. The van der Waals surface area contributed by atoms with E-state index in [0.717, 1.165) is 51.4 Å². The number of nitrogens with zero attached hydrogens (tertiary/aromatic N) is 2. The van der Waals surface area contributed by atoms with Crippen molar-refractivity contribution in [3.63, 3.8) is 0 Å². The number of dihydropyridines is 1. The van der Waals surface area contributed by atoms with Crippen LogP contribution >= 0.6 is 0 Å². The fourth-order valence-electron chi connectivity index (χ4n) is 3.71. The monoisotopic (exact) mass is 379 g/mol. The molecule has 0 bridgehead atoms. The first-order chi connectivity index (χ1) is 13.7. The highest BCUT2D eigenvalue weighted by molar-refractivity contribution is 6.12. The van der Waals surface area contributed by atoms with Gasteiger partial charge in [0.25, 0.3) is 0 Å². The van der Waals surface area contributed by atoms with Gasteiger partial charge >= 0.3 is 0 Å². The Bertz CT molecular complexity index is 771. The van der Waals surface area contributed by atoms with Gasteiger partial charge < -0.3 is 20.9 Å². The van der Waals surface area contributed by atoms with Crippen molar-refractivity contribution >= 4 is 5.71 Å². The highest BCUT2D eigenvalue weighted by atomic mass is 15.2. The predicted octanol–water partition coefficient (Wildman–Crippen LogP) is 3.01. The van der Waals surface area contributed by atoms with Crippen molar-refractivity contribution in [2.45, 2.75) is 27.2 Å². The third-order valence-corrected chi connectivity index (χ3v) is 5.07. The summed E-state index contributed by atoms with van der Waals surface area (Å²) >= 11 is 0. The number of hydrogen-bond donors (Lipinski definition) is 3. The predicted molar refractivity (Wildman–Crippen MR) is 119 cm³/mol. The average molecular weight is 380 g/mol. The molecule has 5 nitrogen and oxygen atoms in total. The molecule has 1 saturated heterocycles. The number of rotatable bonds is 6. The normalized spacial score (nSPS) is 23.3. The second-order valence-corrected chi connectivity index (χ2v) is 7.28. The molecule has 0 radical (unpaired) electrons. The first-order valence-electron chi connectivity index (χ1n) is 10.3. The van der Waals surface area contributed by atoms with Crippen molar-refractivity contribution in [3.8, 4) is 0 Å². The molecule has 3 N–H and O–H groups in total. The van der Waals surface area contributed by atoms with Crippen LogP contribution in [0.15, 0.2) is 75.9 Å². The molecule has 0 aromatic rings. The minimum absolute atomic E-state index is 0.779. The number of hydrogen-bond acceptors (Lipinski definition) is 5. The Kier molecular flexibility index (Phi) is 7.31. The van der Waals surface area contributed by atoms with Gasteiger partial charge in [-0.3, -0.25) is 4.99 Å². The van der Waals surface area contributed by atoms with E-state index >= 15 is 0 Å². The molecule has 150 valence electrons. The summed E-state index contributed by atoms with van der Waals surface area (Å²) in [6.07, 6.45) is 15.7. The summed E-state index contributed by atoms with van der Waals surface area (Å²) in [6.45, 7) is 12.3. The fourth-order valence-corrected chi connectivity index (χ4v) is 3.71. The van der Waals surface area contributed by atoms with E-state index < -0.39 is 0 Å². The molecule has 5 heteroatoms. The molecular weight excluding hydrogens is 346 g/mol. The molecule has 28 heavy (non-hydrogen) atoms. The second kappa shape index (κ2) is 10.1. The van der Waals surface area contributed by atoms with Crippen LogP contribution in [0.3, 0.4) is 0 Å². The topological polar surface area (TPSA) is 51.7 Å². The molecule has 0 amide bonds. The Balaban J connectivity index is 1.72. The van der Waals surface area contributed by atoms with Crippen molar-refractivity contribution in [2.24, 2.45) is 4.99 Å². The molecule has 0 spiro atoms. The number of nitrogens with one attached hydrogen (secondary N) is 3. The summed E-state index contributed by atoms with van der Waals surface area (Å²) in [6, 6.07) is 0. The molecule has 0 aromatic carbocycles. The van der Waals surface area contributed by atoms with Gasteiger partial charge in [-0.15, -0.1) is 0 Å². The zero-order valence-corrected chi connectivity index (χ0v) is 17.4. The van der Waals surface area contributed by atoms with E-state index in [-0.39, 0.29) is 0 Å². The first kappa shape index (κ1) is 20.2. The van der Waals surface area contributed by atoms with Gasteiger partial charge in [-0.05, 0) is 43.1 Å². The van der Waals surface area contributed by atoms with Crippen LogP contribution < -0.4 is 16.0 Å². The van der Waals surface area contributed by atoms with Crippen LogP contribution in [0, 0.1) is 0 Å². The lowest BCUT2D eigenvalue weighted by Gasteiger charge is -2.36. The van der Waals surface area contributed by atoms with Crippen molar-refractivity contribution in [1.29, 1.82) is 0 Å². The lowest BCUT2D eigenvalue weighted by Crippen LogP contribution is -2.45. The van der Waals surface area contributed by atoms with Crippen LogP contribution in [-0.4, -0.2) is 49.9 Å². The number of allylic oxidation sites excluding steroid dienone is 5. The van der Waals surface area contributed by atoms with E-state index in [9.17, 15) is 0 Å². The third-order valence-electron chi connectivity index (χ3n) is 5.07. The Morgan fingerprint density at radius 2 is 2.07 bits per heavy atom. The van der Waals surface area contributed by atoms with E-state index in [2.05, 4.69) is 70.2 Å². The minimum atomic E-state index is 0.779. The SMILES string of the molecule is C\C=C/N=C1\C=C(CNC2=CNCC(C)=C2N2CCNCC2)C=C\C1=C/CC. The molecule has 3 aliphatic rings. The van der Waals surface area contributed by atoms with E-state index in [1.807, 2.05) is 19.2 Å². The summed E-state index contributed by atoms with van der Waals surface area (Å²) in [5.41, 5.74) is 7.39. The molecule has 0 unspecified atom stereocenters. The lowest BCUT2D eigenvalue weighted by atomic mass is 9.99. The third kappa shape index (κ3) is 5.04. The standard InChI is InChI=1S/C23H33N5/c1-4-6-20-8-7-19(14-21(20)26-9-5-2)16-27-22-17-25-15-18(3)23(22)28-12-10-24-11-13-28/h5-9,14,17,24-25,27H,4,10-13,15-16H2,1-3H3/b9-5-,20-6+,26-21+. The van der Waals surface area contributed by atoms with Crippen LogP contribution in [0.4, 0.5) is 0 Å². The Morgan fingerprint density at radius 3 is 2.82 bits per heavy atom. The van der Waals surface area contributed by atoms with Gasteiger partial charge in [0.2, 0.25) is 0 Å². The zero-order valence-electron chi connectivity index (χ0n) is 17.4. The zero-order chi connectivity index (χ0) is 19.8. The highest BCUT2D eigenvalue weighted by Gasteiger charge is 2.21. The molecule has 0 aromatic heterocycles. The number of aliphatic imine (C=N–C) groups is 1. The quantitative estimate of drug-likeness (QED) is 0.664. The fraction of sp³-hybridized carbons (Fsp3) is 0.435. The number of piperazine rings is 1. The Labute approximate surface area is 169 Å². The second-order valence-electron chi connectivity index (χ2n) is 7.28. The maximum absolute atomic E-state index is 4.61. The molecule has 1 aliphatic carbocycles. The van der Waals surface area contributed by atoms with Crippen LogP contribution in [-0.2, 0) is 0 Å². The minimum Gasteiger partial charge on any atom is -0.385 e. The van der Waals surface area contributed by atoms with Gasteiger partial charge in [0.15, 0.2) is 0 Å². The summed E-state index contributed by atoms with van der Waals surface area (Å²) in [5.74, 6) is 0. The molecule has 1 fully saturated rings. The van der Waals surface area contributed by atoms with Crippen LogP contribution in [0.5, 0.6) is 0 Å². The summed E-state index contributed by atoms with van der Waals surface area (Å²) in [5, 5.41) is 10.5. The van der Waals surface area contributed by atoms with Gasteiger partial charge in [-0.2, -0.15) is 0 Å². The van der Waals surface area contributed by atoms with E-state index in [0.29, 0.717) is 0 Å². The molecule has 2 heterocycles. The van der Waals surface area contributed by atoms with E-state index in [1.165, 1.54) is 28.1 Å². The summed E-state index contributed by atoms with van der Waals surface area (Å²) < 4.78 is 0. The van der Waals surface area contributed by atoms with Gasteiger partial charge in [-0.1, -0.05) is 31.2 Å². The van der Waals surface area contributed by atoms with Crippen LogP contribution in [0.25, 0.3) is 0 Å². The lowest BCUT2D eigenvalue weighted by molar-refractivity contribution is 0.296. The smallest absolute Gasteiger partial charge is 0.0740 e. The first-order valence-corrected chi connectivity index (χ1v) is 10.3. The van der Waals surface area contributed by atoms with Crippen molar-refractivity contribution in [2.75, 3.05) is 39.3 Å². The van der Waals surface area contributed by atoms with Crippen molar-refractivity contribution in [3.05, 3.63) is 70.9 Å². The van der Waals surface area contributed by atoms with Gasteiger partial charge in [0.05, 0.1) is 17.1 Å². The highest BCUT2D eigenvalue weighted by Crippen LogP contribution is 2.22. The molecule has 2 aliphatic heterocycles. The van der Waals surface area contributed by atoms with Crippen LogP contribution in [0.1, 0.15) is 27.2 Å². The molecule has 0 saturated carbocycles. The van der Waals surface area contributed by atoms with E-state index in [4.69, 9.17) is 0 Å². The maximum Gasteiger partial charge on any atom is 0.0740 e. The largest absolute Gasteiger partial charge is 0.385 e.